The molecule has 0 fully saturated rings. The lowest BCUT2D eigenvalue weighted by atomic mass is 10.2. The summed E-state index contributed by atoms with van der Waals surface area (Å²) in [6.07, 6.45) is -5.18. The number of hydrogen-bond acceptors (Lipinski definition) is 3. The highest BCUT2D eigenvalue weighted by Crippen LogP contribution is 2.23. The molecule has 1 amide bonds. The summed E-state index contributed by atoms with van der Waals surface area (Å²) in [6, 6.07) is 5.39. The van der Waals surface area contributed by atoms with Crippen molar-refractivity contribution in [3.05, 3.63) is 29.8 Å². The van der Waals surface area contributed by atoms with E-state index in [4.69, 9.17) is 4.74 Å². The van der Waals surface area contributed by atoms with Crippen LogP contribution in [0.15, 0.2) is 24.3 Å². The van der Waals surface area contributed by atoms with Crippen LogP contribution in [0.4, 0.5) is 18.0 Å². The molecule has 0 saturated carbocycles. The van der Waals surface area contributed by atoms with Gasteiger partial charge in [0.25, 0.3) is 0 Å². The number of hydrogen-bond donors (Lipinski definition) is 0. The van der Waals surface area contributed by atoms with Crippen molar-refractivity contribution in [1.82, 2.24) is 4.90 Å². The molecular weight excluding hydrogens is 299 g/mol. The first-order chi connectivity index (χ1) is 10.00. The summed E-state index contributed by atoms with van der Waals surface area (Å²) in [4.78, 5) is 13.4. The number of carbonyl (C=O) groups is 1. The minimum Gasteiger partial charge on any atom is -0.444 e. The Hall–Kier alpha value is -1.92. The molecule has 0 N–H and O–H groups in total. The van der Waals surface area contributed by atoms with E-state index in [1.807, 2.05) is 0 Å². The van der Waals surface area contributed by atoms with Crippen molar-refractivity contribution in [2.75, 3.05) is 6.54 Å². The van der Waals surface area contributed by atoms with Gasteiger partial charge in [-0.2, -0.15) is 0 Å². The Labute approximate surface area is 127 Å². The van der Waals surface area contributed by atoms with Gasteiger partial charge in [-0.05, 0) is 45.4 Å². The zero-order valence-corrected chi connectivity index (χ0v) is 13.0. The summed E-state index contributed by atoms with van der Waals surface area (Å²) in [6.45, 7) is 7.77. The Morgan fingerprint density at radius 2 is 1.68 bits per heavy atom. The van der Waals surface area contributed by atoms with Gasteiger partial charge in [-0.15, -0.1) is 13.2 Å². The average molecular weight is 319 g/mol. The molecule has 1 aromatic carbocycles. The predicted octanol–water partition coefficient (Wildman–Crippen LogP) is 4.34. The fraction of sp³-hybridized carbons (Fsp3) is 0.533. The largest absolute Gasteiger partial charge is 0.573 e. The molecule has 22 heavy (non-hydrogen) atoms. The van der Waals surface area contributed by atoms with Gasteiger partial charge in [-0.25, -0.2) is 4.79 Å². The highest BCUT2D eigenvalue weighted by molar-refractivity contribution is 5.68. The zero-order valence-electron chi connectivity index (χ0n) is 13.0. The van der Waals surface area contributed by atoms with Crippen LogP contribution in [-0.4, -0.2) is 29.5 Å². The molecule has 0 aliphatic rings. The number of amides is 1. The van der Waals surface area contributed by atoms with Crippen LogP contribution in [0.2, 0.25) is 0 Å². The SMILES string of the molecule is CCN(Cc1ccc(OC(F)(F)F)cc1)C(=O)OC(C)(C)C. The second kappa shape index (κ2) is 6.89. The highest BCUT2D eigenvalue weighted by Gasteiger charge is 2.31. The van der Waals surface area contributed by atoms with Gasteiger partial charge in [0.05, 0.1) is 0 Å². The minimum atomic E-state index is -4.71. The van der Waals surface area contributed by atoms with Crippen LogP contribution in [0.25, 0.3) is 0 Å². The zero-order chi connectivity index (χ0) is 17.0. The van der Waals surface area contributed by atoms with Gasteiger partial charge in [-0.1, -0.05) is 12.1 Å². The van der Waals surface area contributed by atoms with Crippen LogP contribution in [0, 0.1) is 0 Å². The van der Waals surface area contributed by atoms with Crippen LogP contribution in [0.3, 0.4) is 0 Å². The first-order valence-corrected chi connectivity index (χ1v) is 6.83. The average Bonchev–Trinajstić information content (AvgIpc) is 2.33. The molecule has 7 heteroatoms. The molecule has 0 bridgehead atoms. The summed E-state index contributed by atoms with van der Waals surface area (Å²) in [5, 5.41) is 0. The third-order valence-corrected chi connectivity index (χ3v) is 2.56. The maximum Gasteiger partial charge on any atom is 0.573 e. The number of nitrogens with zero attached hydrogens (tertiary/aromatic N) is 1. The molecular formula is C15H20F3NO3. The Bertz CT molecular complexity index is 492. The van der Waals surface area contributed by atoms with Gasteiger partial charge in [0.15, 0.2) is 0 Å². The van der Waals surface area contributed by atoms with Crippen molar-refractivity contribution in [3.63, 3.8) is 0 Å². The first kappa shape index (κ1) is 18.1. The predicted molar refractivity (Wildman–Crippen MR) is 75.4 cm³/mol. The van der Waals surface area contributed by atoms with Crippen molar-refractivity contribution < 1.29 is 27.4 Å². The molecule has 0 saturated heterocycles. The Morgan fingerprint density at radius 3 is 2.09 bits per heavy atom. The molecule has 0 heterocycles. The number of alkyl halides is 3. The van der Waals surface area contributed by atoms with E-state index in [1.165, 1.54) is 29.2 Å². The molecule has 4 nitrogen and oxygen atoms in total. The Morgan fingerprint density at radius 1 is 1.14 bits per heavy atom. The second-order valence-electron chi connectivity index (χ2n) is 5.69. The van der Waals surface area contributed by atoms with Crippen LogP contribution in [0.5, 0.6) is 5.75 Å². The topological polar surface area (TPSA) is 38.8 Å². The molecule has 0 aliphatic carbocycles. The molecule has 0 radical (unpaired) electrons. The van der Waals surface area contributed by atoms with E-state index in [1.54, 1.807) is 27.7 Å². The van der Waals surface area contributed by atoms with Gasteiger partial charge >= 0.3 is 12.5 Å². The fourth-order valence-corrected chi connectivity index (χ4v) is 1.65. The minimum absolute atomic E-state index is 0.248. The highest BCUT2D eigenvalue weighted by atomic mass is 19.4. The summed E-state index contributed by atoms with van der Waals surface area (Å²) in [5.74, 6) is -0.295. The monoisotopic (exact) mass is 319 g/mol. The van der Waals surface area contributed by atoms with E-state index < -0.39 is 18.1 Å². The summed E-state index contributed by atoms with van der Waals surface area (Å²) in [7, 11) is 0. The standard InChI is InChI=1S/C15H20F3NO3/c1-5-19(13(20)22-14(2,3)4)10-11-6-8-12(9-7-11)21-15(16,17)18/h6-9H,5,10H2,1-4H3. The van der Waals surface area contributed by atoms with Crippen molar-refractivity contribution >= 4 is 6.09 Å². The number of halogens is 3. The Balaban J connectivity index is 2.70. The Kier molecular flexibility index (Phi) is 5.68. The molecule has 0 spiro atoms. The summed E-state index contributed by atoms with van der Waals surface area (Å²) < 4.78 is 45.3. The number of rotatable bonds is 4. The van der Waals surface area contributed by atoms with Crippen molar-refractivity contribution in [3.8, 4) is 5.75 Å². The maximum absolute atomic E-state index is 12.1. The van der Waals surface area contributed by atoms with Crippen LogP contribution in [0.1, 0.15) is 33.3 Å². The lowest BCUT2D eigenvalue weighted by Gasteiger charge is -2.26. The van der Waals surface area contributed by atoms with Crippen molar-refractivity contribution in [2.45, 2.75) is 46.2 Å². The fourth-order valence-electron chi connectivity index (χ4n) is 1.65. The number of benzene rings is 1. The van der Waals surface area contributed by atoms with Gasteiger partial charge < -0.3 is 14.4 Å². The van der Waals surface area contributed by atoms with E-state index in [0.717, 1.165) is 0 Å². The van der Waals surface area contributed by atoms with Crippen molar-refractivity contribution in [1.29, 1.82) is 0 Å². The van der Waals surface area contributed by atoms with Gasteiger partial charge in [0.2, 0.25) is 0 Å². The number of ether oxygens (including phenoxy) is 2. The first-order valence-electron chi connectivity index (χ1n) is 6.83. The van der Waals surface area contributed by atoms with Crippen LogP contribution in [-0.2, 0) is 11.3 Å². The lowest BCUT2D eigenvalue weighted by Crippen LogP contribution is -2.36. The van der Waals surface area contributed by atoms with E-state index in [2.05, 4.69) is 4.74 Å². The smallest absolute Gasteiger partial charge is 0.444 e. The van der Waals surface area contributed by atoms with Gasteiger partial charge in [-0.3, -0.25) is 0 Å². The molecule has 1 aromatic rings. The second-order valence-corrected chi connectivity index (χ2v) is 5.69. The van der Waals surface area contributed by atoms with E-state index in [-0.39, 0.29) is 12.3 Å². The van der Waals surface area contributed by atoms with Gasteiger partial charge in [0.1, 0.15) is 11.4 Å². The van der Waals surface area contributed by atoms with E-state index in [9.17, 15) is 18.0 Å². The van der Waals surface area contributed by atoms with Crippen LogP contribution < -0.4 is 4.74 Å². The molecule has 0 aliphatic heterocycles. The molecule has 0 unspecified atom stereocenters. The molecule has 0 atom stereocenters. The van der Waals surface area contributed by atoms with E-state index >= 15 is 0 Å². The lowest BCUT2D eigenvalue weighted by molar-refractivity contribution is -0.274. The van der Waals surface area contributed by atoms with Gasteiger partial charge in [0, 0.05) is 13.1 Å². The number of carbonyl (C=O) groups excluding carboxylic acids is 1. The molecule has 0 aromatic heterocycles. The third-order valence-electron chi connectivity index (χ3n) is 2.56. The summed E-state index contributed by atoms with van der Waals surface area (Å²) >= 11 is 0. The molecule has 124 valence electrons. The maximum atomic E-state index is 12.1. The van der Waals surface area contributed by atoms with Crippen molar-refractivity contribution in [2.24, 2.45) is 0 Å². The summed E-state index contributed by atoms with van der Waals surface area (Å²) in [5.41, 5.74) is 0.0804. The van der Waals surface area contributed by atoms with Crippen LogP contribution >= 0.6 is 0 Å². The third kappa shape index (κ3) is 6.69. The van der Waals surface area contributed by atoms with E-state index in [0.29, 0.717) is 12.1 Å². The normalized spacial score (nSPS) is 12.0. The quantitative estimate of drug-likeness (QED) is 0.828. The molecule has 1 rings (SSSR count).